The number of nitrogens with zero attached hydrogens (tertiary/aromatic N) is 5. The maximum atomic E-state index is 13.2. The Labute approximate surface area is 151 Å². The highest BCUT2D eigenvalue weighted by Crippen LogP contribution is 2.32. The van der Waals surface area contributed by atoms with Crippen molar-refractivity contribution in [1.82, 2.24) is 24.9 Å². The summed E-state index contributed by atoms with van der Waals surface area (Å²) in [4.78, 5) is 19.7. The number of carbonyl (C=O) groups excluding carboxylic acids is 1. The summed E-state index contributed by atoms with van der Waals surface area (Å²) in [6.07, 6.45) is 5.62. The number of aryl methyl sites for hydroxylation is 2. The lowest BCUT2D eigenvalue weighted by molar-refractivity contribution is -0.0605. The Morgan fingerprint density at radius 1 is 1.38 bits per heavy atom. The van der Waals surface area contributed by atoms with E-state index in [9.17, 15) is 4.79 Å². The first-order valence-corrected chi connectivity index (χ1v) is 9.11. The van der Waals surface area contributed by atoms with E-state index in [0.717, 1.165) is 37.1 Å². The van der Waals surface area contributed by atoms with Crippen LogP contribution in [0, 0.1) is 0 Å². The Morgan fingerprint density at radius 3 is 3.19 bits per heavy atom. The summed E-state index contributed by atoms with van der Waals surface area (Å²) in [5.41, 5.74) is 3.74. The average Bonchev–Trinajstić information content (AvgIpc) is 3.34. The quantitative estimate of drug-likeness (QED) is 0.804. The first kappa shape index (κ1) is 15.7. The van der Waals surface area contributed by atoms with Gasteiger partial charge in [-0.25, -0.2) is 9.67 Å². The van der Waals surface area contributed by atoms with Crippen molar-refractivity contribution in [2.24, 2.45) is 0 Å². The van der Waals surface area contributed by atoms with E-state index >= 15 is 0 Å². The van der Waals surface area contributed by atoms with E-state index < -0.39 is 0 Å². The van der Waals surface area contributed by atoms with E-state index in [2.05, 4.69) is 15.3 Å². The monoisotopic (exact) mass is 355 g/mol. The molecule has 5 rings (SSSR count). The first-order valence-electron chi connectivity index (χ1n) is 9.11. The number of amides is 1. The third-order valence-corrected chi connectivity index (χ3v) is 5.66. The van der Waals surface area contributed by atoms with Crippen molar-refractivity contribution in [2.75, 3.05) is 20.2 Å². The molecule has 0 N–H and O–H groups in total. The van der Waals surface area contributed by atoms with Crippen molar-refractivity contribution in [2.45, 2.75) is 44.4 Å². The van der Waals surface area contributed by atoms with Gasteiger partial charge in [-0.3, -0.25) is 4.79 Å². The number of pyridine rings is 1. The van der Waals surface area contributed by atoms with Crippen LogP contribution >= 0.6 is 0 Å². The smallest absolute Gasteiger partial charge is 0.259 e. The van der Waals surface area contributed by atoms with Crippen molar-refractivity contribution < 1.29 is 14.3 Å². The molecule has 2 aromatic rings. The lowest BCUT2D eigenvalue weighted by atomic mass is 9.99. The van der Waals surface area contributed by atoms with Gasteiger partial charge in [0, 0.05) is 18.8 Å². The van der Waals surface area contributed by atoms with Crippen LogP contribution in [0.5, 0.6) is 5.88 Å². The van der Waals surface area contributed by atoms with Gasteiger partial charge in [0.05, 0.1) is 37.8 Å². The minimum absolute atomic E-state index is 0.00679. The SMILES string of the molecule is COc1nc2c(cc1C(=O)N1CC[C@@H]3OCc4cnnn4[C@@H]3C1)CCC2. The van der Waals surface area contributed by atoms with Gasteiger partial charge in [-0.2, -0.15) is 0 Å². The van der Waals surface area contributed by atoms with Crippen LogP contribution in [0.1, 0.15) is 46.2 Å². The number of aromatic nitrogens is 4. The molecule has 2 aliphatic heterocycles. The zero-order valence-corrected chi connectivity index (χ0v) is 14.7. The van der Waals surface area contributed by atoms with Gasteiger partial charge in [-0.15, -0.1) is 5.10 Å². The van der Waals surface area contributed by atoms with Crippen LogP contribution in [0.4, 0.5) is 0 Å². The third-order valence-electron chi connectivity index (χ3n) is 5.66. The molecule has 1 aliphatic carbocycles. The van der Waals surface area contributed by atoms with Crippen molar-refractivity contribution in [3.8, 4) is 5.88 Å². The van der Waals surface area contributed by atoms with Gasteiger partial charge >= 0.3 is 0 Å². The maximum Gasteiger partial charge on any atom is 0.259 e. The number of piperidine rings is 1. The molecule has 136 valence electrons. The fraction of sp³-hybridized carbons (Fsp3) is 0.556. The maximum absolute atomic E-state index is 13.2. The molecule has 0 aromatic carbocycles. The molecule has 2 aromatic heterocycles. The summed E-state index contributed by atoms with van der Waals surface area (Å²) in [5.74, 6) is 0.397. The van der Waals surface area contributed by atoms with Crippen molar-refractivity contribution >= 4 is 5.91 Å². The molecule has 0 radical (unpaired) electrons. The molecule has 3 aliphatic rings. The Balaban J connectivity index is 1.44. The molecule has 8 nitrogen and oxygen atoms in total. The summed E-state index contributed by atoms with van der Waals surface area (Å²) in [5, 5.41) is 8.19. The zero-order chi connectivity index (χ0) is 17.7. The molecule has 26 heavy (non-hydrogen) atoms. The van der Waals surface area contributed by atoms with Crippen LogP contribution in [-0.4, -0.2) is 57.1 Å². The molecule has 0 saturated carbocycles. The second-order valence-corrected chi connectivity index (χ2v) is 7.13. The number of carbonyl (C=O) groups is 1. The summed E-state index contributed by atoms with van der Waals surface area (Å²) < 4.78 is 13.3. The van der Waals surface area contributed by atoms with Gasteiger partial charge < -0.3 is 14.4 Å². The molecule has 2 atom stereocenters. The van der Waals surface area contributed by atoms with Crippen molar-refractivity contribution in [1.29, 1.82) is 0 Å². The van der Waals surface area contributed by atoms with Crippen LogP contribution in [0.3, 0.4) is 0 Å². The van der Waals surface area contributed by atoms with E-state index in [1.54, 1.807) is 13.3 Å². The number of hydrogen-bond acceptors (Lipinski definition) is 6. The van der Waals surface area contributed by atoms with Crippen LogP contribution in [-0.2, 0) is 24.2 Å². The number of methoxy groups -OCH3 is 1. The summed E-state index contributed by atoms with van der Waals surface area (Å²) in [6.45, 7) is 1.75. The number of hydrogen-bond donors (Lipinski definition) is 0. The second kappa shape index (κ2) is 6.05. The average molecular weight is 355 g/mol. The highest BCUT2D eigenvalue weighted by molar-refractivity contribution is 5.96. The molecular weight excluding hydrogens is 334 g/mol. The van der Waals surface area contributed by atoms with E-state index in [-0.39, 0.29) is 18.1 Å². The molecular formula is C18H21N5O3. The summed E-state index contributed by atoms with van der Waals surface area (Å²) >= 11 is 0. The summed E-state index contributed by atoms with van der Waals surface area (Å²) in [7, 11) is 1.57. The highest BCUT2D eigenvalue weighted by Gasteiger charge is 2.38. The van der Waals surface area contributed by atoms with Crippen molar-refractivity contribution in [3.05, 3.63) is 34.8 Å². The normalized spacial score (nSPS) is 24.0. The Morgan fingerprint density at radius 2 is 2.31 bits per heavy atom. The van der Waals surface area contributed by atoms with Crippen LogP contribution in [0.25, 0.3) is 0 Å². The number of fused-ring (bicyclic) bond motifs is 4. The van der Waals surface area contributed by atoms with Crippen LogP contribution in [0.2, 0.25) is 0 Å². The fourth-order valence-corrected chi connectivity index (χ4v) is 4.30. The van der Waals surface area contributed by atoms with Gasteiger partial charge in [0.15, 0.2) is 0 Å². The largest absolute Gasteiger partial charge is 0.480 e. The van der Waals surface area contributed by atoms with Gasteiger partial charge in [0.1, 0.15) is 5.56 Å². The Hall–Kier alpha value is -2.48. The Kier molecular flexibility index (Phi) is 3.66. The predicted octanol–water partition coefficient (Wildman–Crippen LogP) is 1.16. The lowest BCUT2D eigenvalue weighted by Crippen LogP contribution is -2.50. The molecule has 1 saturated heterocycles. The third kappa shape index (κ3) is 2.39. The molecule has 8 heteroatoms. The van der Waals surface area contributed by atoms with E-state index in [4.69, 9.17) is 9.47 Å². The predicted molar refractivity (Wildman–Crippen MR) is 91.0 cm³/mol. The fourth-order valence-electron chi connectivity index (χ4n) is 4.30. The minimum Gasteiger partial charge on any atom is -0.480 e. The number of likely N-dealkylation sites (tertiary alicyclic amines) is 1. The number of rotatable bonds is 2. The molecule has 0 unspecified atom stereocenters. The molecule has 0 bridgehead atoms. The van der Waals surface area contributed by atoms with Crippen LogP contribution < -0.4 is 4.74 Å². The van der Waals surface area contributed by atoms with Gasteiger partial charge in [0.25, 0.3) is 5.91 Å². The summed E-state index contributed by atoms with van der Waals surface area (Å²) in [6, 6.07) is 1.98. The second-order valence-electron chi connectivity index (χ2n) is 7.13. The van der Waals surface area contributed by atoms with Gasteiger partial charge in [-0.1, -0.05) is 5.21 Å². The van der Waals surface area contributed by atoms with E-state index in [1.165, 1.54) is 5.56 Å². The molecule has 0 spiro atoms. The van der Waals surface area contributed by atoms with E-state index in [0.29, 0.717) is 31.1 Å². The highest BCUT2D eigenvalue weighted by atomic mass is 16.5. The van der Waals surface area contributed by atoms with Gasteiger partial charge in [-0.05, 0) is 37.3 Å². The minimum atomic E-state index is -0.0326. The zero-order valence-electron chi connectivity index (χ0n) is 14.7. The topological polar surface area (TPSA) is 82.4 Å². The lowest BCUT2D eigenvalue weighted by Gasteiger charge is -2.41. The standard InChI is InChI=1S/C18H21N5O3/c1-25-17-13(7-11-3-2-4-14(11)20-17)18(24)22-6-5-16-15(9-22)23-12(10-26-16)8-19-21-23/h7-8,15-16H,2-6,9-10H2,1H3/t15-,16+/m1/s1. The molecule has 1 fully saturated rings. The Bertz CT molecular complexity index is 865. The molecule has 4 heterocycles. The molecule has 1 amide bonds. The number of ether oxygens (including phenoxy) is 2. The van der Waals surface area contributed by atoms with Crippen molar-refractivity contribution in [3.63, 3.8) is 0 Å². The first-order chi connectivity index (χ1) is 12.7. The van der Waals surface area contributed by atoms with Crippen LogP contribution in [0.15, 0.2) is 12.3 Å². The van der Waals surface area contributed by atoms with Gasteiger partial charge in [0.2, 0.25) is 5.88 Å². The van der Waals surface area contributed by atoms with E-state index in [1.807, 2.05) is 15.6 Å².